The fraction of sp³-hybridized carbons (Fsp3) is 0.550. The van der Waals surface area contributed by atoms with E-state index < -0.39 is 12.8 Å². The van der Waals surface area contributed by atoms with Crippen LogP contribution in [0.2, 0.25) is 0 Å². The van der Waals surface area contributed by atoms with E-state index in [1.54, 1.807) is 13.3 Å². The Labute approximate surface area is 312 Å². The second-order valence-corrected chi connectivity index (χ2v) is 16.4. The molecule has 1 N–H and O–H groups in total. The van der Waals surface area contributed by atoms with E-state index in [1.807, 2.05) is 24.0 Å². The SMILES string of the molecule is C=CC(=O)N1CC2(CCN(c3nc(N4CCC5(CN(CCOC)C5)C4)nc4c(OCC(F)(F)F)c(-c5c(C)ccc6[nH]ncc56)c(C5CC5)cc34)CC2)C1. The van der Waals surface area contributed by atoms with Crippen molar-refractivity contribution in [2.45, 2.75) is 51.1 Å². The van der Waals surface area contributed by atoms with Gasteiger partial charge in [0.25, 0.3) is 0 Å². The average molecular weight is 745 g/mol. The fourth-order valence-corrected chi connectivity index (χ4v) is 9.54. The number of aromatic amines is 1. The number of likely N-dealkylation sites (tertiary alicyclic amines) is 2. The average Bonchev–Trinajstić information content (AvgIpc) is 3.69. The number of piperidine rings is 1. The highest BCUT2D eigenvalue weighted by atomic mass is 19.4. The minimum absolute atomic E-state index is 0.0395. The van der Waals surface area contributed by atoms with E-state index in [1.165, 1.54) is 6.08 Å². The zero-order valence-electron chi connectivity index (χ0n) is 31.0. The maximum atomic E-state index is 14.1. The molecule has 0 bridgehead atoms. The summed E-state index contributed by atoms with van der Waals surface area (Å²) in [5, 5.41) is 8.90. The first-order valence-electron chi connectivity index (χ1n) is 19.1. The number of aromatic nitrogens is 4. The number of halogens is 3. The summed E-state index contributed by atoms with van der Waals surface area (Å²) in [7, 11) is 1.72. The smallest absolute Gasteiger partial charge is 0.422 e. The van der Waals surface area contributed by atoms with Crippen molar-refractivity contribution in [2.75, 3.05) is 89.0 Å². The molecule has 14 heteroatoms. The van der Waals surface area contributed by atoms with Crippen LogP contribution in [0.15, 0.2) is 37.1 Å². The van der Waals surface area contributed by atoms with Crippen LogP contribution in [0, 0.1) is 17.8 Å². The zero-order chi connectivity index (χ0) is 37.4. The number of hydrogen-bond donors (Lipinski definition) is 1. The van der Waals surface area contributed by atoms with Crippen LogP contribution in [0.1, 0.15) is 49.1 Å². The molecule has 5 aliphatic rings. The van der Waals surface area contributed by atoms with E-state index in [4.69, 9.17) is 19.4 Å². The minimum atomic E-state index is -4.56. The molecule has 0 atom stereocenters. The molecule has 6 heterocycles. The number of hydrogen-bond acceptors (Lipinski definition) is 9. The molecule has 2 spiro atoms. The van der Waals surface area contributed by atoms with E-state index in [0.29, 0.717) is 49.8 Å². The monoisotopic (exact) mass is 744 g/mol. The summed E-state index contributed by atoms with van der Waals surface area (Å²) in [5.41, 5.74) is 4.75. The van der Waals surface area contributed by atoms with Crippen molar-refractivity contribution in [3.63, 3.8) is 0 Å². The van der Waals surface area contributed by atoms with Gasteiger partial charge in [0, 0.05) is 93.2 Å². The zero-order valence-corrected chi connectivity index (χ0v) is 31.0. The lowest BCUT2D eigenvalue weighted by Gasteiger charge is -2.54. The maximum absolute atomic E-state index is 14.1. The standard InChI is InChI=1S/C40H47F3N8O3/c1-4-31(52)51-21-38(22-51)9-12-49(13-10-38)36-28-17-27(26-6-7-26)33(32-25(2)5-8-30-29(32)18-44-47-30)35(54-24-40(41,42)43)34(28)45-37(46-36)50-14-11-39(23-50)19-48(20-39)15-16-53-3/h4-5,8,17-18,26H,1,6-7,9-16,19-24H2,2-3H3,(H,44,47). The topological polar surface area (TPSA) is 103 Å². The van der Waals surface area contributed by atoms with Crippen LogP contribution in [0.5, 0.6) is 5.75 Å². The van der Waals surface area contributed by atoms with E-state index >= 15 is 0 Å². The number of methoxy groups -OCH3 is 1. The van der Waals surface area contributed by atoms with Crippen LogP contribution >= 0.6 is 0 Å². The summed E-state index contributed by atoms with van der Waals surface area (Å²) < 4.78 is 53.8. The molecule has 4 aromatic rings. The molecule has 4 aliphatic heterocycles. The van der Waals surface area contributed by atoms with E-state index in [-0.39, 0.29) is 28.4 Å². The first-order chi connectivity index (χ1) is 26.0. The van der Waals surface area contributed by atoms with Gasteiger partial charge in [-0.3, -0.25) is 14.8 Å². The number of ether oxygens (including phenoxy) is 2. The van der Waals surface area contributed by atoms with Crippen LogP contribution in [-0.2, 0) is 9.53 Å². The number of amides is 1. The van der Waals surface area contributed by atoms with Gasteiger partial charge < -0.3 is 24.2 Å². The Kier molecular flexibility index (Phi) is 8.56. The number of carbonyl (C=O) groups excluding carboxylic acids is 1. The van der Waals surface area contributed by atoms with Crippen LogP contribution in [0.4, 0.5) is 24.9 Å². The number of H-pyrrole nitrogens is 1. The normalized spacial score (nSPS) is 20.9. The number of nitrogens with zero attached hydrogens (tertiary/aromatic N) is 7. The Morgan fingerprint density at radius 3 is 2.44 bits per heavy atom. The van der Waals surface area contributed by atoms with Gasteiger partial charge in [0.05, 0.1) is 18.3 Å². The van der Waals surface area contributed by atoms with Gasteiger partial charge in [-0.2, -0.15) is 23.3 Å². The molecule has 1 saturated carbocycles. The summed E-state index contributed by atoms with van der Waals surface area (Å²) in [6.07, 6.45) is 3.19. The van der Waals surface area contributed by atoms with Crippen molar-refractivity contribution >= 4 is 39.5 Å². The van der Waals surface area contributed by atoms with Gasteiger partial charge in [-0.25, -0.2) is 4.98 Å². The largest absolute Gasteiger partial charge is 0.481 e. The quantitative estimate of drug-likeness (QED) is 0.194. The van der Waals surface area contributed by atoms with Crippen molar-refractivity contribution in [3.05, 3.63) is 48.2 Å². The minimum Gasteiger partial charge on any atom is -0.481 e. The molecule has 2 aromatic heterocycles. The molecule has 1 aliphatic carbocycles. The van der Waals surface area contributed by atoms with E-state index in [9.17, 15) is 18.0 Å². The number of rotatable bonds is 10. The molecule has 9 rings (SSSR count). The van der Waals surface area contributed by atoms with Gasteiger partial charge in [0.15, 0.2) is 12.4 Å². The number of fused-ring (bicyclic) bond motifs is 2. The van der Waals surface area contributed by atoms with Crippen LogP contribution in [0.25, 0.3) is 32.9 Å². The molecule has 286 valence electrons. The second kappa shape index (κ2) is 13.1. The molecule has 0 unspecified atom stereocenters. The summed E-state index contributed by atoms with van der Waals surface area (Å²) >= 11 is 0. The van der Waals surface area contributed by atoms with Crippen molar-refractivity contribution in [1.29, 1.82) is 0 Å². The molecule has 54 heavy (non-hydrogen) atoms. The lowest BCUT2D eigenvalue weighted by molar-refractivity contribution is -0.153. The third-order valence-corrected chi connectivity index (χ3v) is 12.5. The van der Waals surface area contributed by atoms with E-state index in [2.05, 4.69) is 37.5 Å². The van der Waals surface area contributed by atoms with Gasteiger partial charge in [-0.05, 0) is 79.8 Å². The highest BCUT2D eigenvalue weighted by molar-refractivity contribution is 6.06. The molecular formula is C40H47F3N8O3. The third kappa shape index (κ3) is 6.24. The van der Waals surface area contributed by atoms with Crippen LogP contribution in [0.3, 0.4) is 0 Å². The second-order valence-electron chi connectivity index (χ2n) is 16.4. The third-order valence-electron chi connectivity index (χ3n) is 12.5. The number of alkyl halides is 3. The van der Waals surface area contributed by atoms with Gasteiger partial charge in [0.2, 0.25) is 11.9 Å². The first-order valence-corrected chi connectivity index (χ1v) is 19.1. The predicted molar refractivity (Wildman–Crippen MR) is 201 cm³/mol. The van der Waals surface area contributed by atoms with Crippen molar-refractivity contribution in [2.24, 2.45) is 10.8 Å². The van der Waals surface area contributed by atoms with Crippen molar-refractivity contribution in [1.82, 2.24) is 30.0 Å². The number of carbonyl (C=O) groups is 1. The summed E-state index contributed by atoms with van der Waals surface area (Å²) in [6, 6.07) is 6.07. The molecule has 5 fully saturated rings. The Morgan fingerprint density at radius 1 is 1.00 bits per heavy atom. The Hall–Kier alpha value is -4.43. The van der Waals surface area contributed by atoms with E-state index in [0.717, 1.165) is 104 Å². The Morgan fingerprint density at radius 2 is 1.74 bits per heavy atom. The summed E-state index contributed by atoms with van der Waals surface area (Å²) in [4.78, 5) is 31.5. The molecule has 11 nitrogen and oxygen atoms in total. The van der Waals surface area contributed by atoms with Gasteiger partial charge >= 0.3 is 6.18 Å². The maximum Gasteiger partial charge on any atom is 0.422 e. The lowest BCUT2D eigenvalue weighted by atomic mass is 9.72. The Balaban J connectivity index is 1.18. The summed E-state index contributed by atoms with van der Waals surface area (Å²) in [5.74, 6) is 1.56. The molecule has 1 amide bonds. The number of aryl methyl sites for hydroxylation is 1. The first kappa shape index (κ1) is 35.3. The van der Waals surface area contributed by atoms with Crippen molar-refractivity contribution < 1.29 is 27.4 Å². The summed E-state index contributed by atoms with van der Waals surface area (Å²) in [6.45, 7) is 12.1. The predicted octanol–water partition coefficient (Wildman–Crippen LogP) is 6.07. The molecular weight excluding hydrogens is 697 g/mol. The van der Waals surface area contributed by atoms with Crippen molar-refractivity contribution in [3.8, 4) is 16.9 Å². The van der Waals surface area contributed by atoms with Gasteiger partial charge in [-0.1, -0.05) is 12.6 Å². The highest BCUT2D eigenvalue weighted by Crippen LogP contribution is 2.54. The van der Waals surface area contributed by atoms with Crippen LogP contribution in [-0.4, -0.2) is 121 Å². The van der Waals surface area contributed by atoms with Gasteiger partial charge in [0.1, 0.15) is 11.3 Å². The number of anilines is 2. The Bertz CT molecular complexity index is 2110. The lowest BCUT2D eigenvalue weighted by Crippen LogP contribution is -2.61. The number of benzene rings is 2. The number of nitrogens with one attached hydrogen (secondary N) is 1. The molecule has 2 aromatic carbocycles. The fourth-order valence-electron chi connectivity index (χ4n) is 9.54. The van der Waals surface area contributed by atoms with Crippen LogP contribution < -0.4 is 14.5 Å². The highest BCUT2D eigenvalue weighted by Gasteiger charge is 2.49. The molecule has 0 radical (unpaired) electrons. The molecule has 4 saturated heterocycles. The van der Waals surface area contributed by atoms with Gasteiger partial charge in [-0.15, -0.1) is 0 Å².